The summed E-state index contributed by atoms with van der Waals surface area (Å²) in [6.45, 7) is 8.61. The van der Waals surface area contributed by atoms with E-state index in [0.29, 0.717) is 6.61 Å². The predicted molar refractivity (Wildman–Crippen MR) is 77.9 cm³/mol. The number of hydrogen-bond acceptors (Lipinski definition) is 3. The summed E-state index contributed by atoms with van der Waals surface area (Å²) in [5.74, 6) is -0.210. The second-order valence-electron chi connectivity index (χ2n) is 5.37. The van der Waals surface area contributed by atoms with Crippen molar-refractivity contribution in [1.82, 2.24) is 5.32 Å². The van der Waals surface area contributed by atoms with Crippen LogP contribution in [0.4, 0.5) is 0 Å². The average Bonchev–Trinajstić information content (AvgIpc) is 2.37. The van der Waals surface area contributed by atoms with Gasteiger partial charge in [0.2, 0.25) is 0 Å². The quantitative estimate of drug-likeness (QED) is 0.766. The van der Waals surface area contributed by atoms with Crippen LogP contribution in [0.5, 0.6) is 0 Å². The van der Waals surface area contributed by atoms with Gasteiger partial charge in [-0.3, -0.25) is 5.32 Å². The minimum absolute atomic E-state index is 0.0952. The van der Waals surface area contributed by atoms with Crippen LogP contribution in [0.1, 0.15) is 52.1 Å². The molecule has 1 unspecified atom stereocenters. The van der Waals surface area contributed by atoms with Crippen molar-refractivity contribution >= 4 is 5.97 Å². The lowest BCUT2D eigenvalue weighted by Gasteiger charge is -2.31. The van der Waals surface area contributed by atoms with Crippen molar-refractivity contribution in [3.63, 3.8) is 0 Å². The van der Waals surface area contributed by atoms with Crippen LogP contribution in [-0.4, -0.2) is 18.1 Å². The predicted octanol–water partition coefficient (Wildman–Crippen LogP) is 3.46. The van der Waals surface area contributed by atoms with Crippen molar-refractivity contribution in [3.05, 3.63) is 35.9 Å². The Morgan fingerprint density at radius 2 is 1.89 bits per heavy atom. The van der Waals surface area contributed by atoms with E-state index in [1.54, 1.807) is 0 Å². The summed E-state index contributed by atoms with van der Waals surface area (Å²) in [5.41, 5.74) is 0.854. The van der Waals surface area contributed by atoms with Crippen LogP contribution in [0.2, 0.25) is 0 Å². The Kier molecular flexibility index (Phi) is 6.03. The average molecular weight is 263 g/mol. The van der Waals surface area contributed by atoms with Gasteiger partial charge < -0.3 is 4.74 Å². The molecule has 1 aromatic rings. The van der Waals surface area contributed by atoms with E-state index in [0.717, 1.165) is 18.4 Å². The second-order valence-corrected chi connectivity index (χ2v) is 5.37. The topological polar surface area (TPSA) is 38.3 Å². The normalized spacial score (nSPS) is 13.1. The van der Waals surface area contributed by atoms with Gasteiger partial charge in [0.1, 0.15) is 6.04 Å². The van der Waals surface area contributed by atoms with Gasteiger partial charge in [-0.15, -0.1) is 0 Å². The fourth-order valence-electron chi connectivity index (χ4n) is 2.24. The van der Waals surface area contributed by atoms with Crippen LogP contribution in [-0.2, 0) is 9.53 Å². The van der Waals surface area contributed by atoms with E-state index < -0.39 is 6.04 Å². The van der Waals surface area contributed by atoms with Gasteiger partial charge in [0.25, 0.3) is 0 Å². The highest BCUT2D eigenvalue weighted by molar-refractivity contribution is 5.77. The zero-order valence-corrected chi connectivity index (χ0v) is 12.4. The SMILES string of the molecule is CCCC(C)(C)NC(C(=O)OCC)c1ccccc1. The first-order valence-electron chi connectivity index (χ1n) is 6.99. The van der Waals surface area contributed by atoms with Crippen molar-refractivity contribution in [2.45, 2.75) is 52.1 Å². The van der Waals surface area contributed by atoms with E-state index in [9.17, 15) is 4.79 Å². The van der Waals surface area contributed by atoms with Crippen LogP contribution >= 0.6 is 0 Å². The Labute approximate surface area is 116 Å². The Morgan fingerprint density at radius 1 is 1.26 bits per heavy atom. The van der Waals surface area contributed by atoms with E-state index in [1.807, 2.05) is 37.3 Å². The smallest absolute Gasteiger partial charge is 0.327 e. The Balaban J connectivity index is 2.90. The van der Waals surface area contributed by atoms with Gasteiger partial charge in [-0.1, -0.05) is 43.7 Å². The third-order valence-corrected chi connectivity index (χ3v) is 3.07. The number of carbonyl (C=O) groups is 1. The number of esters is 1. The van der Waals surface area contributed by atoms with Crippen molar-refractivity contribution in [2.75, 3.05) is 6.61 Å². The first-order valence-corrected chi connectivity index (χ1v) is 6.99. The minimum atomic E-state index is -0.400. The molecule has 0 aliphatic carbocycles. The van der Waals surface area contributed by atoms with Crippen molar-refractivity contribution < 1.29 is 9.53 Å². The van der Waals surface area contributed by atoms with Crippen molar-refractivity contribution in [3.8, 4) is 0 Å². The van der Waals surface area contributed by atoms with Crippen LogP contribution in [0.15, 0.2) is 30.3 Å². The standard InChI is InChI=1S/C16H25NO2/c1-5-12-16(3,4)17-14(15(18)19-6-2)13-10-8-7-9-11-13/h7-11,14,17H,5-6,12H2,1-4H3. The van der Waals surface area contributed by atoms with Gasteiger partial charge in [0.15, 0.2) is 0 Å². The molecule has 0 fully saturated rings. The molecule has 1 N–H and O–H groups in total. The molecule has 1 atom stereocenters. The summed E-state index contributed by atoms with van der Waals surface area (Å²) >= 11 is 0. The number of rotatable bonds is 7. The second kappa shape index (κ2) is 7.29. The number of benzene rings is 1. The van der Waals surface area contributed by atoms with Gasteiger partial charge in [-0.2, -0.15) is 0 Å². The molecule has 0 radical (unpaired) electrons. The van der Waals surface area contributed by atoms with Crippen molar-refractivity contribution in [1.29, 1.82) is 0 Å². The molecule has 0 spiro atoms. The van der Waals surface area contributed by atoms with E-state index in [-0.39, 0.29) is 11.5 Å². The van der Waals surface area contributed by atoms with E-state index in [2.05, 4.69) is 26.1 Å². The Bertz CT molecular complexity index is 387. The molecule has 3 heteroatoms. The molecule has 19 heavy (non-hydrogen) atoms. The highest BCUT2D eigenvalue weighted by Crippen LogP contribution is 2.21. The van der Waals surface area contributed by atoms with Gasteiger partial charge in [0.05, 0.1) is 6.61 Å². The number of carbonyl (C=O) groups excluding carboxylic acids is 1. The molecule has 0 aliphatic rings. The monoisotopic (exact) mass is 263 g/mol. The molecule has 106 valence electrons. The number of nitrogens with one attached hydrogen (secondary N) is 1. The summed E-state index contributed by atoms with van der Waals surface area (Å²) < 4.78 is 5.18. The lowest BCUT2D eigenvalue weighted by Crippen LogP contribution is -2.45. The Morgan fingerprint density at radius 3 is 2.42 bits per heavy atom. The third kappa shape index (κ3) is 5.03. The van der Waals surface area contributed by atoms with E-state index in [4.69, 9.17) is 4.74 Å². The number of ether oxygens (including phenoxy) is 1. The first-order chi connectivity index (χ1) is 9.00. The summed E-state index contributed by atoms with van der Waals surface area (Å²) in [6.07, 6.45) is 2.08. The van der Waals surface area contributed by atoms with Gasteiger partial charge in [0, 0.05) is 5.54 Å². The maximum Gasteiger partial charge on any atom is 0.327 e. The zero-order valence-electron chi connectivity index (χ0n) is 12.4. The Hall–Kier alpha value is -1.35. The molecule has 0 aromatic heterocycles. The van der Waals surface area contributed by atoms with Crippen LogP contribution in [0, 0.1) is 0 Å². The first kappa shape index (κ1) is 15.7. The van der Waals surface area contributed by atoms with Crippen LogP contribution in [0.25, 0.3) is 0 Å². The highest BCUT2D eigenvalue weighted by atomic mass is 16.5. The zero-order chi connectivity index (χ0) is 14.3. The molecule has 1 aromatic carbocycles. The van der Waals surface area contributed by atoms with E-state index >= 15 is 0 Å². The molecule has 0 saturated heterocycles. The van der Waals surface area contributed by atoms with Gasteiger partial charge >= 0.3 is 5.97 Å². The van der Waals surface area contributed by atoms with Crippen LogP contribution < -0.4 is 5.32 Å². The fraction of sp³-hybridized carbons (Fsp3) is 0.562. The largest absolute Gasteiger partial charge is 0.465 e. The lowest BCUT2D eigenvalue weighted by molar-refractivity contribution is -0.146. The molecule has 3 nitrogen and oxygen atoms in total. The molecule has 0 amide bonds. The lowest BCUT2D eigenvalue weighted by atomic mass is 9.95. The maximum atomic E-state index is 12.1. The fourth-order valence-corrected chi connectivity index (χ4v) is 2.24. The summed E-state index contributed by atoms with van der Waals surface area (Å²) in [5, 5.41) is 3.42. The summed E-state index contributed by atoms with van der Waals surface area (Å²) in [4.78, 5) is 12.1. The summed E-state index contributed by atoms with van der Waals surface area (Å²) in [6, 6.07) is 9.34. The molecule has 0 aliphatic heterocycles. The highest BCUT2D eigenvalue weighted by Gasteiger charge is 2.28. The van der Waals surface area contributed by atoms with E-state index in [1.165, 1.54) is 0 Å². The molecule has 0 saturated carbocycles. The maximum absolute atomic E-state index is 12.1. The van der Waals surface area contributed by atoms with Crippen LogP contribution in [0.3, 0.4) is 0 Å². The molecular formula is C16H25NO2. The van der Waals surface area contributed by atoms with Gasteiger partial charge in [-0.05, 0) is 32.8 Å². The van der Waals surface area contributed by atoms with Crippen molar-refractivity contribution in [2.24, 2.45) is 0 Å². The summed E-state index contributed by atoms with van der Waals surface area (Å²) in [7, 11) is 0. The molecule has 0 bridgehead atoms. The molecule has 0 heterocycles. The molecule has 1 rings (SSSR count). The number of hydrogen-bond donors (Lipinski definition) is 1. The molecular weight excluding hydrogens is 238 g/mol. The third-order valence-electron chi connectivity index (χ3n) is 3.07. The minimum Gasteiger partial charge on any atom is -0.465 e. The van der Waals surface area contributed by atoms with Gasteiger partial charge in [-0.25, -0.2) is 4.79 Å².